The minimum Gasteiger partial charge on any atom is -0.507 e. The number of rotatable bonds is 3. The lowest BCUT2D eigenvalue weighted by Crippen LogP contribution is -2.44. The van der Waals surface area contributed by atoms with Crippen LogP contribution in [0.2, 0.25) is 0 Å². The molecule has 2 saturated heterocycles. The first-order valence-corrected chi connectivity index (χ1v) is 9.06. The van der Waals surface area contributed by atoms with E-state index in [9.17, 15) is 14.7 Å². The summed E-state index contributed by atoms with van der Waals surface area (Å²) in [6, 6.07) is 2.34. The van der Waals surface area contributed by atoms with Crippen molar-refractivity contribution in [3.63, 3.8) is 0 Å². The monoisotopic (exact) mass is 388 g/mol. The normalized spacial score (nSPS) is 26.7. The Labute approximate surface area is 158 Å². The van der Waals surface area contributed by atoms with E-state index in [1.54, 1.807) is 32.2 Å². The quantitative estimate of drug-likeness (QED) is 0.476. The molecule has 0 aliphatic carbocycles. The molecule has 10 heteroatoms. The van der Waals surface area contributed by atoms with E-state index in [0.717, 1.165) is 11.3 Å². The number of anilines is 1. The highest BCUT2D eigenvalue weighted by molar-refractivity contribution is 7.13. The molecule has 0 radical (unpaired) electrons. The van der Waals surface area contributed by atoms with Crippen molar-refractivity contribution in [3.8, 4) is 0 Å². The average Bonchev–Trinajstić information content (AvgIpc) is 3.35. The highest BCUT2D eigenvalue weighted by Gasteiger charge is 2.54. The van der Waals surface area contributed by atoms with Crippen LogP contribution < -0.4 is 4.90 Å². The molecule has 0 spiro atoms. The molecule has 2 aromatic rings. The number of aromatic nitrogens is 3. The van der Waals surface area contributed by atoms with E-state index in [4.69, 9.17) is 9.47 Å². The van der Waals surface area contributed by atoms with Gasteiger partial charge in [0.25, 0.3) is 5.78 Å². The summed E-state index contributed by atoms with van der Waals surface area (Å²) in [7, 11) is 0. The molecule has 0 aromatic carbocycles. The SMILES string of the molecule is CC1(C)OCC(C2/C(=C(\O)c3cccnc3)C(=O)C(=O)N2c2nncs2)O1. The molecule has 140 valence electrons. The van der Waals surface area contributed by atoms with E-state index < -0.39 is 29.6 Å². The smallest absolute Gasteiger partial charge is 0.301 e. The van der Waals surface area contributed by atoms with Crippen LogP contribution in [0.5, 0.6) is 0 Å². The molecular weight excluding hydrogens is 372 g/mol. The first-order chi connectivity index (χ1) is 12.9. The van der Waals surface area contributed by atoms with Crippen LogP contribution in [0.3, 0.4) is 0 Å². The minimum absolute atomic E-state index is 0.0606. The molecule has 2 aromatic heterocycles. The largest absolute Gasteiger partial charge is 0.507 e. The Morgan fingerprint density at radius 1 is 1.41 bits per heavy atom. The Balaban J connectivity index is 1.86. The molecule has 27 heavy (non-hydrogen) atoms. The Bertz CT molecular complexity index is 913. The van der Waals surface area contributed by atoms with Gasteiger partial charge in [-0.2, -0.15) is 0 Å². The molecule has 2 atom stereocenters. The molecule has 2 unspecified atom stereocenters. The summed E-state index contributed by atoms with van der Waals surface area (Å²) in [5.74, 6) is -2.80. The summed E-state index contributed by atoms with van der Waals surface area (Å²) in [5.41, 5.74) is 1.73. The Kier molecular flexibility index (Phi) is 4.25. The first-order valence-electron chi connectivity index (χ1n) is 8.18. The van der Waals surface area contributed by atoms with Crippen LogP contribution >= 0.6 is 11.3 Å². The van der Waals surface area contributed by atoms with Crippen LogP contribution in [-0.4, -0.2) is 56.5 Å². The molecule has 2 aliphatic rings. The topological polar surface area (TPSA) is 115 Å². The first kappa shape index (κ1) is 17.7. The molecule has 2 aliphatic heterocycles. The predicted octanol–water partition coefficient (Wildman–Crippen LogP) is 1.34. The molecule has 1 N–H and O–H groups in total. The molecule has 0 saturated carbocycles. The predicted molar refractivity (Wildman–Crippen MR) is 94.9 cm³/mol. The average molecular weight is 388 g/mol. The van der Waals surface area contributed by atoms with Crippen molar-refractivity contribution < 1.29 is 24.2 Å². The fraction of sp³-hybridized carbons (Fsp3) is 0.353. The standard InChI is InChI=1S/C17H16N4O5S/c1-17(2)25-7-10(26-17)12-11(13(22)9-4-3-5-18-6-9)14(23)15(24)21(12)16-20-19-8-27-16/h3-6,8,10,12,22H,7H2,1-2H3/b13-11+. The second kappa shape index (κ2) is 6.48. The number of aliphatic hydroxyl groups excluding tert-OH is 1. The number of hydrogen-bond acceptors (Lipinski definition) is 9. The van der Waals surface area contributed by atoms with E-state index in [1.807, 2.05) is 0 Å². The van der Waals surface area contributed by atoms with Crippen molar-refractivity contribution in [2.24, 2.45) is 0 Å². The molecule has 4 rings (SSSR count). The highest BCUT2D eigenvalue weighted by Crippen LogP contribution is 2.38. The van der Waals surface area contributed by atoms with E-state index >= 15 is 0 Å². The number of Topliss-reactive ketones (excluding diaryl/α,β-unsaturated/α-hetero) is 1. The van der Waals surface area contributed by atoms with E-state index in [0.29, 0.717) is 5.56 Å². The van der Waals surface area contributed by atoms with E-state index in [2.05, 4.69) is 15.2 Å². The van der Waals surface area contributed by atoms with E-state index in [-0.39, 0.29) is 23.1 Å². The minimum atomic E-state index is -0.889. The van der Waals surface area contributed by atoms with Gasteiger partial charge >= 0.3 is 5.91 Å². The van der Waals surface area contributed by atoms with E-state index in [1.165, 1.54) is 16.6 Å². The third-order valence-electron chi connectivity index (χ3n) is 4.36. The second-order valence-corrected chi connectivity index (χ2v) is 7.35. The summed E-state index contributed by atoms with van der Waals surface area (Å²) >= 11 is 1.12. The van der Waals surface area contributed by atoms with Crippen LogP contribution in [0.15, 0.2) is 35.6 Å². The van der Waals surface area contributed by atoms with Gasteiger partial charge in [0.1, 0.15) is 23.4 Å². The number of ether oxygens (including phenoxy) is 2. The zero-order valence-corrected chi connectivity index (χ0v) is 15.3. The molecule has 4 heterocycles. The molecule has 2 fully saturated rings. The van der Waals surface area contributed by atoms with Crippen molar-refractivity contribution in [2.45, 2.75) is 31.8 Å². The van der Waals surface area contributed by atoms with Gasteiger partial charge in [0.05, 0.1) is 12.2 Å². The molecule has 1 amide bonds. The number of hydrogen-bond donors (Lipinski definition) is 1. The Morgan fingerprint density at radius 3 is 2.81 bits per heavy atom. The summed E-state index contributed by atoms with van der Waals surface area (Å²) in [6.45, 7) is 3.63. The fourth-order valence-electron chi connectivity index (χ4n) is 3.22. The second-order valence-electron chi connectivity index (χ2n) is 6.54. The number of aliphatic hydroxyl groups is 1. The van der Waals surface area contributed by atoms with Crippen LogP contribution in [0, 0.1) is 0 Å². The lowest BCUT2D eigenvalue weighted by atomic mass is 9.98. The number of carbonyl (C=O) groups is 2. The summed E-state index contributed by atoms with van der Waals surface area (Å²) < 4.78 is 11.5. The van der Waals surface area contributed by atoms with Crippen LogP contribution in [-0.2, 0) is 19.1 Å². The number of amides is 1. The maximum absolute atomic E-state index is 12.8. The Hall–Kier alpha value is -2.69. The van der Waals surface area contributed by atoms with Crippen molar-refractivity contribution in [2.75, 3.05) is 11.5 Å². The van der Waals surface area contributed by atoms with Crippen molar-refractivity contribution >= 4 is 33.9 Å². The zero-order valence-electron chi connectivity index (χ0n) is 14.5. The third kappa shape index (κ3) is 3.01. The lowest BCUT2D eigenvalue weighted by Gasteiger charge is -2.27. The molecular formula is C17H16N4O5S. The van der Waals surface area contributed by atoms with Gasteiger partial charge in [-0.15, -0.1) is 10.2 Å². The summed E-state index contributed by atoms with van der Waals surface area (Å²) in [5, 5.41) is 18.7. The van der Waals surface area contributed by atoms with Crippen molar-refractivity contribution in [3.05, 3.63) is 41.2 Å². The van der Waals surface area contributed by atoms with Gasteiger partial charge in [-0.1, -0.05) is 11.3 Å². The van der Waals surface area contributed by atoms with Gasteiger partial charge in [-0.05, 0) is 26.0 Å². The maximum atomic E-state index is 12.8. The van der Waals surface area contributed by atoms with Crippen molar-refractivity contribution in [1.29, 1.82) is 0 Å². The maximum Gasteiger partial charge on any atom is 0.301 e. The zero-order chi connectivity index (χ0) is 19.2. The molecule has 0 bridgehead atoms. The number of nitrogens with zero attached hydrogens (tertiary/aromatic N) is 4. The number of carbonyl (C=O) groups excluding carboxylic acids is 2. The third-order valence-corrected chi connectivity index (χ3v) is 5.05. The van der Waals surface area contributed by atoms with Crippen LogP contribution in [0.25, 0.3) is 5.76 Å². The van der Waals surface area contributed by atoms with Gasteiger partial charge < -0.3 is 14.6 Å². The Morgan fingerprint density at radius 2 is 2.22 bits per heavy atom. The van der Waals surface area contributed by atoms with Gasteiger partial charge in [0.2, 0.25) is 5.13 Å². The van der Waals surface area contributed by atoms with Gasteiger partial charge in [0, 0.05) is 18.0 Å². The lowest BCUT2D eigenvalue weighted by molar-refractivity contribution is -0.140. The number of pyridine rings is 1. The van der Waals surface area contributed by atoms with Gasteiger partial charge in [-0.3, -0.25) is 19.5 Å². The van der Waals surface area contributed by atoms with Crippen LogP contribution in [0.4, 0.5) is 5.13 Å². The van der Waals surface area contributed by atoms with Crippen LogP contribution in [0.1, 0.15) is 19.4 Å². The van der Waals surface area contributed by atoms with Gasteiger partial charge in [0.15, 0.2) is 5.79 Å². The van der Waals surface area contributed by atoms with Crippen molar-refractivity contribution in [1.82, 2.24) is 15.2 Å². The number of ketones is 1. The fourth-order valence-corrected chi connectivity index (χ4v) is 3.81. The molecule has 9 nitrogen and oxygen atoms in total. The summed E-state index contributed by atoms with van der Waals surface area (Å²) in [6.07, 6.45) is 2.30. The highest BCUT2D eigenvalue weighted by atomic mass is 32.1. The summed E-state index contributed by atoms with van der Waals surface area (Å²) in [4.78, 5) is 30.7. The van der Waals surface area contributed by atoms with Gasteiger partial charge in [-0.25, -0.2) is 0 Å².